The molecule has 186 valence electrons. The van der Waals surface area contributed by atoms with Crippen molar-refractivity contribution in [3.63, 3.8) is 0 Å². The lowest BCUT2D eigenvalue weighted by atomic mass is 10.1. The van der Waals surface area contributed by atoms with E-state index in [2.05, 4.69) is 10.6 Å². The van der Waals surface area contributed by atoms with Gasteiger partial charge in [0.1, 0.15) is 18.5 Å². The summed E-state index contributed by atoms with van der Waals surface area (Å²) in [5.41, 5.74) is 1.86. The van der Waals surface area contributed by atoms with Crippen LogP contribution in [0.5, 0.6) is 0 Å². The molecule has 3 N–H and O–H groups in total. The Bertz CT molecular complexity index is 1270. The van der Waals surface area contributed by atoms with Crippen molar-refractivity contribution < 1.29 is 24.3 Å². The highest BCUT2D eigenvalue weighted by Gasteiger charge is 2.18. The molecule has 9 nitrogen and oxygen atoms in total. The normalized spacial score (nSPS) is 11.3. The van der Waals surface area contributed by atoms with E-state index in [-0.39, 0.29) is 18.0 Å². The van der Waals surface area contributed by atoms with Gasteiger partial charge in [-0.1, -0.05) is 60.7 Å². The van der Waals surface area contributed by atoms with Gasteiger partial charge in [0.05, 0.1) is 12.5 Å². The number of carboxylic acid groups (broad SMARTS) is 1. The van der Waals surface area contributed by atoms with Crippen LogP contribution in [0.3, 0.4) is 0 Å². The van der Waals surface area contributed by atoms with Crippen molar-refractivity contribution in [3.05, 3.63) is 100.0 Å². The number of rotatable bonds is 12. The minimum Gasteiger partial charge on any atom is -0.481 e. The van der Waals surface area contributed by atoms with Crippen molar-refractivity contribution in [1.29, 1.82) is 0 Å². The topological polar surface area (TPSA) is 135 Å². The number of aldehydes is 1. The van der Waals surface area contributed by atoms with E-state index in [4.69, 9.17) is 5.11 Å². The summed E-state index contributed by atoms with van der Waals surface area (Å²) in [5, 5.41) is 13.9. The van der Waals surface area contributed by atoms with Gasteiger partial charge in [-0.2, -0.15) is 0 Å². The first kappa shape index (κ1) is 26.1. The molecule has 0 fully saturated rings. The summed E-state index contributed by atoms with van der Waals surface area (Å²) in [5.74, 6) is -2.28. The van der Waals surface area contributed by atoms with Gasteiger partial charge in [0.25, 0.3) is 5.56 Å². The van der Waals surface area contributed by atoms with Crippen molar-refractivity contribution in [2.45, 2.75) is 38.3 Å². The number of amides is 2. The van der Waals surface area contributed by atoms with Crippen molar-refractivity contribution in [2.24, 2.45) is 0 Å². The molecule has 1 atom stereocenters. The van der Waals surface area contributed by atoms with Gasteiger partial charge in [-0.05, 0) is 29.7 Å². The van der Waals surface area contributed by atoms with Crippen LogP contribution >= 0.6 is 0 Å². The lowest BCUT2D eigenvalue weighted by Gasteiger charge is -2.17. The zero-order valence-corrected chi connectivity index (χ0v) is 19.6. The average molecular weight is 490 g/mol. The molecule has 0 saturated carbocycles. The number of nitrogens with zero attached hydrogens (tertiary/aromatic N) is 1. The fourth-order valence-electron chi connectivity index (χ4n) is 3.68. The molecule has 1 heterocycles. The number of hydrogen-bond acceptors (Lipinski definition) is 5. The second-order valence-electron chi connectivity index (χ2n) is 8.23. The summed E-state index contributed by atoms with van der Waals surface area (Å²) in [7, 11) is 0. The smallest absolute Gasteiger partial charge is 0.305 e. The summed E-state index contributed by atoms with van der Waals surface area (Å²) in [4.78, 5) is 60.4. The Kier molecular flexibility index (Phi) is 9.27. The van der Waals surface area contributed by atoms with Gasteiger partial charge in [-0.3, -0.25) is 19.2 Å². The van der Waals surface area contributed by atoms with Crippen LogP contribution in [-0.2, 0) is 38.6 Å². The van der Waals surface area contributed by atoms with Gasteiger partial charge in [-0.25, -0.2) is 0 Å². The largest absolute Gasteiger partial charge is 0.481 e. The van der Waals surface area contributed by atoms with Crippen LogP contribution < -0.4 is 16.2 Å². The molecule has 0 saturated heterocycles. The molecule has 0 radical (unpaired) electrons. The van der Waals surface area contributed by atoms with Gasteiger partial charge in [-0.15, -0.1) is 0 Å². The number of nitrogens with one attached hydrogen (secondary N) is 2. The van der Waals surface area contributed by atoms with Crippen molar-refractivity contribution in [2.75, 3.05) is 5.32 Å². The van der Waals surface area contributed by atoms with Gasteiger partial charge in [0, 0.05) is 18.5 Å². The summed E-state index contributed by atoms with van der Waals surface area (Å²) in [6.07, 6.45) is 0.789. The number of benzene rings is 2. The van der Waals surface area contributed by atoms with E-state index in [1.54, 1.807) is 6.07 Å². The van der Waals surface area contributed by atoms with Crippen LogP contribution in [0, 0.1) is 0 Å². The van der Waals surface area contributed by atoms with Gasteiger partial charge >= 0.3 is 5.97 Å². The third kappa shape index (κ3) is 7.76. The van der Waals surface area contributed by atoms with Crippen molar-refractivity contribution >= 4 is 29.8 Å². The standard InChI is InChI=1S/C27H27N3O6/c31-18-21(16-26(34)35)28-25(33)17-30-22(15-20-9-5-2-6-10-20)12-13-23(27(30)36)29-24(32)14-11-19-7-3-1-4-8-19/h1-10,12-13,18,21H,11,14-17H2,(H,28,33)(H,29,32)(H,34,35). The minimum atomic E-state index is -1.24. The molecule has 1 aromatic heterocycles. The van der Waals surface area contributed by atoms with Gasteiger partial charge < -0.3 is 25.1 Å². The van der Waals surface area contributed by atoms with Crippen molar-refractivity contribution in [1.82, 2.24) is 9.88 Å². The predicted molar refractivity (Wildman–Crippen MR) is 134 cm³/mol. The molecule has 0 aliphatic carbocycles. The summed E-state index contributed by atoms with van der Waals surface area (Å²) in [6.45, 7) is -0.446. The zero-order valence-electron chi connectivity index (χ0n) is 19.6. The number of hydrogen-bond donors (Lipinski definition) is 3. The van der Waals surface area contributed by atoms with E-state index in [1.807, 2.05) is 60.7 Å². The lowest BCUT2D eigenvalue weighted by Crippen LogP contribution is -2.41. The minimum absolute atomic E-state index is 0.0233. The molecule has 36 heavy (non-hydrogen) atoms. The first-order valence-corrected chi connectivity index (χ1v) is 11.4. The molecule has 2 amide bonds. The number of aryl methyl sites for hydroxylation is 1. The summed E-state index contributed by atoms with van der Waals surface area (Å²) >= 11 is 0. The number of aromatic nitrogens is 1. The molecule has 2 aromatic carbocycles. The number of aliphatic carboxylic acids is 1. The van der Waals surface area contributed by atoms with Crippen LogP contribution in [0.1, 0.15) is 29.7 Å². The highest BCUT2D eigenvalue weighted by atomic mass is 16.4. The maximum atomic E-state index is 13.3. The molecule has 0 aliphatic heterocycles. The van der Waals surface area contributed by atoms with E-state index in [0.29, 0.717) is 24.8 Å². The van der Waals surface area contributed by atoms with Gasteiger partial charge in [0.2, 0.25) is 11.8 Å². The van der Waals surface area contributed by atoms with Crippen LogP contribution in [-0.4, -0.2) is 39.8 Å². The van der Waals surface area contributed by atoms with Crippen molar-refractivity contribution in [3.8, 4) is 0 Å². The van der Waals surface area contributed by atoms with Gasteiger partial charge in [0.15, 0.2) is 0 Å². The summed E-state index contributed by atoms with van der Waals surface area (Å²) in [6, 6.07) is 20.7. The third-order valence-electron chi connectivity index (χ3n) is 5.46. The first-order chi connectivity index (χ1) is 17.4. The monoisotopic (exact) mass is 489 g/mol. The Labute approximate surface area is 207 Å². The Morgan fingerprint density at radius 3 is 2.14 bits per heavy atom. The molecule has 9 heteroatoms. The Hall–Kier alpha value is -4.53. The van der Waals surface area contributed by atoms with Crippen LogP contribution in [0.2, 0.25) is 0 Å². The number of carbonyl (C=O) groups excluding carboxylic acids is 3. The fourth-order valence-corrected chi connectivity index (χ4v) is 3.68. The molecule has 0 spiro atoms. The predicted octanol–water partition coefficient (Wildman–Crippen LogP) is 2.17. The Morgan fingerprint density at radius 1 is 0.889 bits per heavy atom. The Balaban J connectivity index is 1.81. The highest BCUT2D eigenvalue weighted by Crippen LogP contribution is 2.12. The molecule has 3 rings (SSSR count). The number of carbonyl (C=O) groups is 4. The molecule has 0 aliphatic rings. The zero-order chi connectivity index (χ0) is 25.9. The number of anilines is 1. The maximum absolute atomic E-state index is 13.3. The molecular formula is C27H27N3O6. The highest BCUT2D eigenvalue weighted by molar-refractivity contribution is 5.90. The first-order valence-electron chi connectivity index (χ1n) is 11.4. The van der Waals surface area contributed by atoms with Crippen LogP contribution in [0.15, 0.2) is 77.6 Å². The number of pyridine rings is 1. The van der Waals surface area contributed by atoms with E-state index >= 15 is 0 Å². The van der Waals surface area contributed by atoms with E-state index in [0.717, 1.165) is 11.1 Å². The lowest BCUT2D eigenvalue weighted by molar-refractivity contribution is -0.138. The van der Waals surface area contributed by atoms with Crippen LogP contribution in [0.4, 0.5) is 5.69 Å². The molecular weight excluding hydrogens is 462 g/mol. The van der Waals surface area contributed by atoms with E-state index < -0.39 is 36.4 Å². The van der Waals surface area contributed by atoms with E-state index in [9.17, 15) is 24.0 Å². The maximum Gasteiger partial charge on any atom is 0.305 e. The quantitative estimate of drug-likeness (QED) is 0.334. The second-order valence-corrected chi connectivity index (χ2v) is 8.23. The third-order valence-corrected chi connectivity index (χ3v) is 5.46. The van der Waals surface area contributed by atoms with Crippen LogP contribution in [0.25, 0.3) is 0 Å². The number of carboxylic acids is 1. The van der Waals surface area contributed by atoms with E-state index in [1.165, 1.54) is 10.6 Å². The average Bonchev–Trinajstić information content (AvgIpc) is 2.87. The molecule has 1 unspecified atom stereocenters. The fraction of sp³-hybridized carbons (Fsp3) is 0.222. The molecule has 3 aromatic rings. The second kappa shape index (κ2) is 12.8. The Morgan fingerprint density at radius 2 is 1.53 bits per heavy atom. The SMILES string of the molecule is O=CC(CC(=O)O)NC(=O)Cn1c(Cc2ccccc2)ccc(NC(=O)CCc2ccccc2)c1=O. The summed E-state index contributed by atoms with van der Waals surface area (Å²) < 4.78 is 1.22. The molecule has 0 bridgehead atoms.